The van der Waals surface area contributed by atoms with Crippen molar-refractivity contribution in [2.45, 2.75) is 51.6 Å². The molecule has 1 aliphatic heterocycles. The molecule has 20 heavy (non-hydrogen) atoms. The van der Waals surface area contributed by atoms with Gasteiger partial charge in [-0.15, -0.1) is 0 Å². The second-order valence-corrected chi connectivity index (χ2v) is 6.45. The van der Waals surface area contributed by atoms with Crippen LogP contribution in [0.1, 0.15) is 38.7 Å². The molecule has 2 nitrogen and oxygen atoms in total. The first kappa shape index (κ1) is 15.8. The minimum absolute atomic E-state index is 0.510. The first-order valence-electron chi connectivity index (χ1n) is 7.90. The molecule has 1 saturated heterocycles. The Kier molecular flexibility index (Phi) is 6.34. The number of halogens is 1. The van der Waals surface area contributed by atoms with Gasteiger partial charge in [0.2, 0.25) is 0 Å². The van der Waals surface area contributed by atoms with E-state index in [2.05, 4.69) is 36.2 Å². The van der Waals surface area contributed by atoms with Crippen LogP contribution in [-0.4, -0.2) is 36.6 Å². The molecule has 1 aromatic carbocycles. The number of rotatable bonds is 6. The van der Waals surface area contributed by atoms with Crippen molar-refractivity contribution in [3.8, 4) is 0 Å². The molecule has 0 radical (unpaired) electrons. The molecule has 0 aromatic heterocycles. The SMILES string of the molecule is CCCN1CCC(NC(C)Cc2cccc(Cl)c2)CC1. The third-order valence-corrected chi connectivity index (χ3v) is 4.31. The summed E-state index contributed by atoms with van der Waals surface area (Å²) in [6, 6.07) is 9.39. The number of piperidine rings is 1. The molecule has 0 bridgehead atoms. The number of hydrogen-bond acceptors (Lipinski definition) is 2. The van der Waals surface area contributed by atoms with E-state index in [9.17, 15) is 0 Å². The molecule has 0 spiro atoms. The number of hydrogen-bond donors (Lipinski definition) is 1. The Balaban J connectivity index is 1.74. The Morgan fingerprint density at radius 3 is 2.75 bits per heavy atom. The highest BCUT2D eigenvalue weighted by molar-refractivity contribution is 6.30. The largest absolute Gasteiger partial charge is 0.311 e. The van der Waals surface area contributed by atoms with Gasteiger partial charge in [-0.2, -0.15) is 0 Å². The van der Waals surface area contributed by atoms with E-state index in [1.165, 1.54) is 44.5 Å². The van der Waals surface area contributed by atoms with Gasteiger partial charge in [0.1, 0.15) is 0 Å². The summed E-state index contributed by atoms with van der Waals surface area (Å²) in [6.07, 6.45) is 4.87. The summed E-state index contributed by atoms with van der Waals surface area (Å²) in [5.41, 5.74) is 1.32. The topological polar surface area (TPSA) is 15.3 Å². The van der Waals surface area contributed by atoms with Gasteiger partial charge in [-0.3, -0.25) is 0 Å². The molecule has 1 atom stereocenters. The molecule has 0 saturated carbocycles. The van der Waals surface area contributed by atoms with Crippen molar-refractivity contribution in [2.75, 3.05) is 19.6 Å². The average molecular weight is 295 g/mol. The smallest absolute Gasteiger partial charge is 0.0408 e. The predicted octanol–water partition coefficient (Wildman–Crippen LogP) is 3.74. The van der Waals surface area contributed by atoms with E-state index in [1.807, 2.05) is 12.1 Å². The quantitative estimate of drug-likeness (QED) is 0.860. The van der Waals surface area contributed by atoms with Crippen LogP contribution >= 0.6 is 11.6 Å². The third kappa shape index (κ3) is 5.08. The number of benzene rings is 1. The second-order valence-electron chi connectivity index (χ2n) is 6.02. The van der Waals surface area contributed by atoms with Gasteiger partial charge in [0, 0.05) is 17.1 Å². The lowest BCUT2D eigenvalue weighted by Crippen LogP contribution is -2.46. The van der Waals surface area contributed by atoms with Crippen LogP contribution in [-0.2, 0) is 6.42 Å². The third-order valence-electron chi connectivity index (χ3n) is 4.08. The highest BCUT2D eigenvalue weighted by Crippen LogP contribution is 2.15. The van der Waals surface area contributed by atoms with Gasteiger partial charge in [0.05, 0.1) is 0 Å². The Morgan fingerprint density at radius 1 is 1.35 bits per heavy atom. The normalized spacial score (nSPS) is 19.1. The van der Waals surface area contributed by atoms with Crippen LogP contribution in [0.25, 0.3) is 0 Å². The molecule has 2 rings (SSSR count). The molecular formula is C17H27ClN2. The molecular weight excluding hydrogens is 268 g/mol. The fourth-order valence-corrected chi connectivity index (χ4v) is 3.33. The monoisotopic (exact) mass is 294 g/mol. The molecule has 112 valence electrons. The summed E-state index contributed by atoms with van der Waals surface area (Å²) in [6.45, 7) is 8.28. The molecule has 1 aliphatic rings. The zero-order chi connectivity index (χ0) is 14.4. The predicted molar refractivity (Wildman–Crippen MR) is 87.5 cm³/mol. The van der Waals surface area contributed by atoms with E-state index in [-0.39, 0.29) is 0 Å². The fourth-order valence-electron chi connectivity index (χ4n) is 3.12. The van der Waals surface area contributed by atoms with Gasteiger partial charge < -0.3 is 10.2 Å². The first-order valence-corrected chi connectivity index (χ1v) is 8.28. The first-order chi connectivity index (χ1) is 9.67. The molecule has 1 heterocycles. The maximum atomic E-state index is 6.04. The Bertz CT molecular complexity index is 400. The van der Waals surface area contributed by atoms with Crippen LogP contribution in [0.2, 0.25) is 5.02 Å². The van der Waals surface area contributed by atoms with Crippen molar-refractivity contribution < 1.29 is 0 Å². The van der Waals surface area contributed by atoms with Crippen molar-refractivity contribution in [1.29, 1.82) is 0 Å². The lowest BCUT2D eigenvalue weighted by Gasteiger charge is -2.33. The van der Waals surface area contributed by atoms with E-state index in [1.54, 1.807) is 0 Å². The fraction of sp³-hybridized carbons (Fsp3) is 0.647. The molecule has 1 fully saturated rings. The summed E-state index contributed by atoms with van der Waals surface area (Å²) in [7, 11) is 0. The van der Waals surface area contributed by atoms with E-state index >= 15 is 0 Å². The minimum atomic E-state index is 0.510. The van der Waals surface area contributed by atoms with Crippen molar-refractivity contribution in [3.63, 3.8) is 0 Å². The van der Waals surface area contributed by atoms with E-state index in [0.717, 1.165) is 11.4 Å². The molecule has 0 aliphatic carbocycles. The summed E-state index contributed by atoms with van der Waals surface area (Å²) in [4.78, 5) is 2.58. The number of likely N-dealkylation sites (tertiary alicyclic amines) is 1. The standard InChI is InChI=1S/C17H27ClN2/c1-3-9-20-10-7-17(8-11-20)19-14(2)12-15-5-4-6-16(18)13-15/h4-6,13-14,17,19H,3,7-12H2,1-2H3. The lowest BCUT2D eigenvalue weighted by atomic mass is 10.0. The van der Waals surface area contributed by atoms with Crippen molar-refractivity contribution in [2.24, 2.45) is 0 Å². The van der Waals surface area contributed by atoms with Crippen molar-refractivity contribution >= 4 is 11.6 Å². The van der Waals surface area contributed by atoms with Crippen LogP contribution in [0.15, 0.2) is 24.3 Å². The van der Waals surface area contributed by atoms with Gasteiger partial charge >= 0.3 is 0 Å². The zero-order valence-corrected chi connectivity index (χ0v) is 13.5. The highest BCUT2D eigenvalue weighted by Gasteiger charge is 2.19. The molecule has 3 heteroatoms. The van der Waals surface area contributed by atoms with Gasteiger partial charge in [-0.25, -0.2) is 0 Å². The van der Waals surface area contributed by atoms with Gasteiger partial charge in [-0.05, 0) is 69.9 Å². The van der Waals surface area contributed by atoms with Gasteiger partial charge in [0.25, 0.3) is 0 Å². The van der Waals surface area contributed by atoms with Gasteiger partial charge in [-0.1, -0.05) is 30.7 Å². The van der Waals surface area contributed by atoms with Gasteiger partial charge in [0.15, 0.2) is 0 Å². The van der Waals surface area contributed by atoms with E-state index in [4.69, 9.17) is 11.6 Å². The molecule has 0 amide bonds. The summed E-state index contributed by atoms with van der Waals surface area (Å²) < 4.78 is 0. The Labute approximate surface area is 128 Å². The van der Waals surface area contributed by atoms with Crippen LogP contribution in [0.3, 0.4) is 0 Å². The van der Waals surface area contributed by atoms with Crippen LogP contribution < -0.4 is 5.32 Å². The van der Waals surface area contributed by atoms with Crippen molar-refractivity contribution in [3.05, 3.63) is 34.9 Å². The highest BCUT2D eigenvalue weighted by atomic mass is 35.5. The Morgan fingerprint density at radius 2 is 2.10 bits per heavy atom. The van der Waals surface area contributed by atoms with Crippen molar-refractivity contribution in [1.82, 2.24) is 10.2 Å². The summed E-state index contributed by atoms with van der Waals surface area (Å²) in [5.74, 6) is 0. The van der Waals surface area contributed by atoms with Crippen LogP contribution in [0.4, 0.5) is 0 Å². The molecule has 1 unspecified atom stereocenters. The van der Waals surface area contributed by atoms with E-state index < -0.39 is 0 Å². The minimum Gasteiger partial charge on any atom is -0.311 e. The van der Waals surface area contributed by atoms with E-state index in [0.29, 0.717) is 12.1 Å². The Hall–Kier alpha value is -0.570. The number of nitrogens with one attached hydrogen (secondary N) is 1. The molecule has 1 aromatic rings. The molecule has 1 N–H and O–H groups in total. The lowest BCUT2D eigenvalue weighted by molar-refractivity contribution is 0.192. The maximum absolute atomic E-state index is 6.04. The summed E-state index contributed by atoms with van der Waals surface area (Å²) >= 11 is 6.04. The maximum Gasteiger partial charge on any atom is 0.0408 e. The second kappa shape index (κ2) is 8.02. The van der Waals surface area contributed by atoms with Crippen LogP contribution in [0, 0.1) is 0 Å². The van der Waals surface area contributed by atoms with Crippen LogP contribution in [0.5, 0.6) is 0 Å². The number of nitrogens with zero attached hydrogens (tertiary/aromatic N) is 1. The average Bonchev–Trinajstić information content (AvgIpc) is 2.41. The zero-order valence-electron chi connectivity index (χ0n) is 12.7. The summed E-state index contributed by atoms with van der Waals surface area (Å²) in [5, 5.41) is 4.62.